The summed E-state index contributed by atoms with van der Waals surface area (Å²) in [5.74, 6) is -3.73. The first kappa shape index (κ1) is 25.3. The van der Waals surface area contributed by atoms with Crippen LogP contribution in [0.15, 0.2) is 33.4 Å². The molecule has 2 amide bonds. The van der Waals surface area contributed by atoms with Crippen LogP contribution in [0.2, 0.25) is 0 Å². The first-order valence-electron chi connectivity index (χ1n) is 10.1. The number of aromatic nitrogens is 2. The molecule has 0 saturated carbocycles. The van der Waals surface area contributed by atoms with Crippen molar-refractivity contribution in [2.45, 2.75) is 18.3 Å². The third-order valence-corrected chi connectivity index (χ3v) is 7.90. The second-order valence-corrected chi connectivity index (χ2v) is 10.2. The molecule has 0 aromatic carbocycles. The molecular weight excluding hydrogens is 532 g/mol. The van der Waals surface area contributed by atoms with E-state index in [-0.39, 0.29) is 22.2 Å². The minimum atomic E-state index is -1.30. The molecule has 4 heterocycles. The lowest BCUT2D eigenvalue weighted by Crippen LogP contribution is -2.71. The Bertz CT molecular complexity index is 1330. The minimum absolute atomic E-state index is 0.0391. The number of carboxylic acids is 2. The highest BCUT2D eigenvalue weighted by molar-refractivity contribution is 8.00. The molecule has 0 aliphatic carbocycles. The molecule has 13 nitrogen and oxygen atoms in total. The Kier molecular flexibility index (Phi) is 7.37. The summed E-state index contributed by atoms with van der Waals surface area (Å²) in [5, 5.41) is 25.6. The molecule has 1 saturated heterocycles. The number of fused-ring (bicyclic) bond motifs is 1. The van der Waals surface area contributed by atoms with Gasteiger partial charge in [0.2, 0.25) is 6.61 Å². The largest absolute Gasteiger partial charge is 0.479 e. The predicted octanol–water partition coefficient (Wildman–Crippen LogP) is 0.748. The highest BCUT2D eigenvalue weighted by Crippen LogP contribution is 2.41. The summed E-state index contributed by atoms with van der Waals surface area (Å²) in [7, 11) is 0. The molecule has 5 N–H and O–H groups in total. The number of hydrogen-bond acceptors (Lipinski definition) is 12. The summed E-state index contributed by atoms with van der Waals surface area (Å²) in [6.45, 7) is 1.04. The van der Waals surface area contributed by atoms with Crippen LogP contribution >= 0.6 is 34.4 Å². The van der Waals surface area contributed by atoms with E-state index in [0.29, 0.717) is 11.3 Å². The predicted molar refractivity (Wildman–Crippen MR) is 132 cm³/mol. The van der Waals surface area contributed by atoms with Crippen LogP contribution in [0, 0.1) is 6.92 Å². The van der Waals surface area contributed by atoms with Crippen LogP contribution < -0.4 is 11.1 Å². The third-order valence-electron chi connectivity index (χ3n) is 5.03. The molecule has 2 atom stereocenters. The number of thioether (sulfide) groups is 1. The van der Waals surface area contributed by atoms with Crippen LogP contribution in [0.4, 0.5) is 5.13 Å². The molecule has 36 heavy (non-hydrogen) atoms. The Hall–Kier alpha value is -3.76. The quantitative estimate of drug-likeness (QED) is 0.195. The second-order valence-electron chi connectivity index (χ2n) is 7.35. The number of nitrogen functional groups attached to an aromatic ring is 1. The molecular formula is C20H18N6O7S3. The maximum Gasteiger partial charge on any atom is 0.352 e. The van der Waals surface area contributed by atoms with Gasteiger partial charge in [-0.25, -0.2) is 19.6 Å². The normalized spacial score (nSPS) is 19.8. The van der Waals surface area contributed by atoms with Crippen molar-refractivity contribution in [3.63, 3.8) is 0 Å². The van der Waals surface area contributed by atoms with E-state index in [2.05, 4.69) is 20.4 Å². The van der Waals surface area contributed by atoms with Crippen molar-refractivity contribution in [1.29, 1.82) is 0 Å². The number of carbonyl (C=O) groups excluding carboxylic acids is 2. The van der Waals surface area contributed by atoms with E-state index in [0.717, 1.165) is 26.8 Å². The van der Waals surface area contributed by atoms with Gasteiger partial charge < -0.3 is 26.1 Å². The van der Waals surface area contributed by atoms with Crippen molar-refractivity contribution in [3.8, 4) is 0 Å². The summed E-state index contributed by atoms with van der Waals surface area (Å²) in [4.78, 5) is 63.4. The van der Waals surface area contributed by atoms with E-state index in [9.17, 15) is 24.3 Å². The van der Waals surface area contributed by atoms with Crippen molar-refractivity contribution in [1.82, 2.24) is 20.2 Å². The highest BCUT2D eigenvalue weighted by Gasteiger charge is 2.54. The van der Waals surface area contributed by atoms with Crippen LogP contribution in [0.3, 0.4) is 0 Å². The number of nitrogens with one attached hydrogen (secondary N) is 1. The molecule has 0 bridgehead atoms. The molecule has 0 radical (unpaired) electrons. The van der Waals surface area contributed by atoms with Gasteiger partial charge in [0.25, 0.3) is 11.8 Å². The van der Waals surface area contributed by atoms with Crippen molar-refractivity contribution in [2.24, 2.45) is 5.16 Å². The zero-order chi connectivity index (χ0) is 26.0. The molecule has 2 aliphatic heterocycles. The monoisotopic (exact) mass is 550 g/mol. The number of carbonyl (C=O) groups is 4. The molecule has 0 spiro atoms. The Labute approximate surface area is 215 Å². The topological polar surface area (TPSA) is 197 Å². The summed E-state index contributed by atoms with van der Waals surface area (Å²) in [6, 6.07) is -1.04. The van der Waals surface area contributed by atoms with Gasteiger partial charge in [0.05, 0.1) is 11.2 Å². The average molecular weight is 551 g/mol. The minimum Gasteiger partial charge on any atom is -0.479 e. The smallest absolute Gasteiger partial charge is 0.352 e. The number of oxime groups is 1. The lowest BCUT2D eigenvalue weighted by Gasteiger charge is -2.49. The number of rotatable bonds is 9. The van der Waals surface area contributed by atoms with Gasteiger partial charge in [-0.2, -0.15) is 0 Å². The maximum atomic E-state index is 12.9. The standard InChI is InChI=1S/C20H18N6O7S3/c1-8-11(36-7-22-8)3-2-9-5-34-18-14(17(30)26(18)15(9)19(31)32)24-16(29)13(25-33-4-12(27)28)10-6-35-20(21)23-10/h2-3,6-7,14,18H,4-5H2,1H3,(H2,21,23)(H,24,29)(H,27,28)(H,31,32)/t14?,18-/m0/s1. The maximum absolute atomic E-state index is 12.9. The highest BCUT2D eigenvalue weighted by atomic mass is 32.2. The number of anilines is 1. The number of amides is 2. The zero-order valence-electron chi connectivity index (χ0n) is 18.4. The molecule has 4 rings (SSSR count). The number of β-lactam (4-membered cyclic amide) rings is 1. The molecule has 1 fully saturated rings. The Balaban J connectivity index is 1.53. The van der Waals surface area contributed by atoms with Gasteiger partial charge in [0, 0.05) is 16.0 Å². The van der Waals surface area contributed by atoms with E-state index in [4.69, 9.17) is 15.7 Å². The molecule has 188 valence electrons. The Morgan fingerprint density at radius 1 is 1.33 bits per heavy atom. The fraction of sp³-hybridized carbons (Fsp3) is 0.250. The van der Waals surface area contributed by atoms with Gasteiger partial charge in [0.1, 0.15) is 22.8 Å². The first-order valence-corrected chi connectivity index (χ1v) is 12.9. The van der Waals surface area contributed by atoms with Gasteiger partial charge in [-0.05, 0) is 18.6 Å². The summed E-state index contributed by atoms with van der Waals surface area (Å²) >= 11 is 3.73. The third kappa shape index (κ3) is 5.09. The Morgan fingerprint density at radius 3 is 2.72 bits per heavy atom. The second kappa shape index (κ2) is 10.5. The van der Waals surface area contributed by atoms with Gasteiger partial charge >= 0.3 is 11.9 Å². The van der Waals surface area contributed by atoms with E-state index in [1.165, 1.54) is 28.5 Å². The number of thiazole rings is 2. The van der Waals surface area contributed by atoms with Crippen LogP contribution in [0.5, 0.6) is 0 Å². The summed E-state index contributed by atoms with van der Waals surface area (Å²) in [5.41, 5.74) is 8.08. The number of aryl methyl sites for hydroxylation is 1. The average Bonchev–Trinajstić information content (AvgIpc) is 3.45. The van der Waals surface area contributed by atoms with Crippen LogP contribution in [-0.2, 0) is 24.0 Å². The van der Waals surface area contributed by atoms with Crippen molar-refractivity contribution in [3.05, 3.63) is 44.5 Å². The van der Waals surface area contributed by atoms with Gasteiger partial charge in [-0.1, -0.05) is 11.2 Å². The molecule has 16 heteroatoms. The van der Waals surface area contributed by atoms with E-state index in [1.807, 2.05) is 6.92 Å². The Morgan fingerprint density at radius 2 is 2.11 bits per heavy atom. The molecule has 2 aliphatic rings. The van der Waals surface area contributed by atoms with Crippen molar-refractivity contribution in [2.75, 3.05) is 18.1 Å². The molecule has 2 aromatic rings. The SMILES string of the molecule is Cc1ncsc1C=CC1=C(C(=O)O)N2C(=O)C(NC(=O)C(=NOCC(=O)O)c3csc(N)n3)[C@@H]2SC1. The fourth-order valence-electron chi connectivity index (χ4n) is 3.38. The van der Waals surface area contributed by atoms with E-state index < -0.39 is 41.8 Å². The molecule has 2 aromatic heterocycles. The number of carboxylic acid groups (broad SMARTS) is 2. The van der Waals surface area contributed by atoms with Crippen molar-refractivity contribution < 1.29 is 34.2 Å². The van der Waals surface area contributed by atoms with Gasteiger partial charge in [-0.3, -0.25) is 14.5 Å². The van der Waals surface area contributed by atoms with Gasteiger partial charge in [-0.15, -0.1) is 34.4 Å². The lowest BCUT2D eigenvalue weighted by molar-refractivity contribution is -0.150. The van der Waals surface area contributed by atoms with Crippen LogP contribution in [-0.4, -0.2) is 78.3 Å². The van der Waals surface area contributed by atoms with E-state index >= 15 is 0 Å². The summed E-state index contributed by atoms with van der Waals surface area (Å²) < 4.78 is 0. The van der Waals surface area contributed by atoms with Gasteiger partial charge in [0.15, 0.2) is 10.8 Å². The fourth-order valence-corrected chi connectivity index (χ4v) is 5.94. The number of allylic oxidation sites excluding steroid dienone is 1. The van der Waals surface area contributed by atoms with Crippen LogP contribution in [0.1, 0.15) is 16.3 Å². The van der Waals surface area contributed by atoms with Crippen LogP contribution in [0.25, 0.3) is 6.08 Å². The summed E-state index contributed by atoms with van der Waals surface area (Å²) in [6.07, 6.45) is 3.42. The lowest BCUT2D eigenvalue weighted by atomic mass is 10.0. The first-order chi connectivity index (χ1) is 17.2. The number of hydrogen-bond donors (Lipinski definition) is 4. The number of nitrogens with zero attached hydrogens (tertiary/aromatic N) is 4. The van der Waals surface area contributed by atoms with E-state index in [1.54, 1.807) is 17.7 Å². The number of aliphatic carboxylic acids is 2. The number of nitrogens with two attached hydrogens (primary N) is 1. The van der Waals surface area contributed by atoms with Crippen molar-refractivity contribution >= 4 is 75.1 Å². The molecule has 1 unspecified atom stereocenters. The zero-order valence-corrected chi connectivity index (χ0v) is 20.9.